The molecule has 0 spiro atoms. The predicted octanol–water partition coefficient (Wildman–Crippen LogP) is 5.79. The Kier molecular flexibility index (Phi) is 7.47. The molecule has 0 N–H and O–H groups in total. The molecule has 0 radical (unpaired) electrons. The molecule has 1 aliphatic heterocycles. The lowest BCUT2D eigenvalue weighted by molar-refractivity contribution is -0.148. The largest absolute Gasteiger partial charge is 0.493 e. The van der Waals surface area contributed by atoms with Gasteiger partial charge in [-0.25, -0.2) is 4.79 Å². The smallest absolute Gasteiger partial charge is 0.328 e. The van der Waals surface area contributed by atoms with Crippen LogP contribution in [0.15, 0.2) is 64.0 Å². The van der Waals surface area contributed by atoms with Gasteiger partial charge in [0.2, 0.25) is 0 Å². The number of thioether (sulfide) groups is 1. The molecule has 2 amide bonds. The van der Waals surface area contributed by atoms with Crippen molar-refractivity contribution in [2.45, 2.75) is 19.6 Å². The summed E-state index contributed by atoms with van der Waals surface area (Å²) in [5.74, 6) is -0.228. The molecule has 35 heavy (non-hydrogen) atoms. The highest BCUT2D eigenvalue weighted by Gasteiger charge is 2.41. The number of rotatable bonds is 7. The normalized spacial score (nSPS) is 15.5. The van der Waals surface area contributed by atoms with Crippen molar-refractivity contribution < 1.29 is 28.6 Å². The van der Waals surface area contributed by atoms with Crippen molar-refractivity contribution in [3.8, 4) is 11.5 Å². The third-order valence-corrected chi connectivity index (χ3v) is 6.97. The van der Waals surface area contributed by atoms with Crippen LogP contribution < -0.4 is 9.47 Å². The highest BCUT2D eigenvalue weighted by atomic mass is 79.9. The third kappa shape index (κ3) is 5.21. The van der Waals surface area contributed by atoms with Gasteiger partial charge in [-0.3, -0.25) is 14.5 Å². The minimum absolute atomic E-state index is 0.199. The van der Waals surface area contributed by atoms with Gasteiger partial charge in [0.15, 0.2) is 11.5 Å². The van der Waals surface area contributed by atoms with Crippen molar-refractivity contribution in [2.24, 2.45) is 0 Å². The van der Waals surface area contributed by atoms with Gasteiger partial charge >= 0.3 is 5.97 Å². The Morgan fingerprint density at radius 3 is 2.54 bits per heavy atom. The summed E-state index contributed by atoms with van der Waals surface area (Å²) in [6.45, 7) is 1.79. The van der Waals surface area contributed by atoms with Gasteiger partial charge in [0.05, 0.1) is 23.6 Å². The molecule has 7 nitrogen and oxygen atoms in total. The molecule has 1 saturated heterocycles. The number of benzene rings is 3. The maximum atomic E-state index is 12.8. The Morgan fingerprint density at radius 2 is 1.83 bits per heavy atom. The summed E-state index contributed by atoms with van der Waals surface area (Å²) in [4.78, 5) is 38.1. The Morgan fingerprint density at radius 1 is 1.09 bits per heavy atom. The number of carbonyl (C=O) groups excluding carboxylic acids is 3. The number of methoxy groups -OCH3 is 2. The van der Waals surface area contributed by atoms with Crippen molar-refractivity contribution in [1.82, 2.24) is 4.90 Å². The Bertz CT molecular complexity index is 1350. The molecule has 9 heteroatoms. The number of esters is 1. The zero-order valence-electron chi connectivity index (χ0n) is 19.2. The molecule has 1 aliphatic rings. The highest BCUT2D eigenvalue weighted by molar-refractivity contribution is 9.10. The molecule has 1 atom stereocenters. The average molecular weight is 556 g/mol. The van der Waals surface area contributed by atoms with Crippen LogP contribution in [0.1, 0.15) is 18.1 Å². The van der Waals surface area contributed by atoms with E-state index in [1.54, 1.807) is 18.2 Å². The van der Waals surface area contributed by atoms with Crippen molar-refractivity contribution in [1.29, 1.82) is 0 Å². The summed E-state index contributed by atoms with van der Waals surface area (Å²) in [6.07, 6.45) is 1.58. The molecule has 0 aromatic heterocycles. The number of amides is 2. The topological polar surface area (TPSA) is 82.1 Å². The van der Waals surface area contributed by atoms with Crippen molar-refractivity contribution in [3.63, 3.8) is 0 Å². The summed E-state index contributed by atoms with van der Waals surface area (Å²) in [6, 6.07) is 16.7. The summed E-state index contributed by atoms with van der Waals surface area (Å²) in [5, 5.41) is 1.76. The van der Waals surface area contributed by atoms with Gasteiger partial charge in [-0.2, -0.15) is 0 Å². The highest BCUT2D eigenvalue weighted by Crippen LogP contribution is 2.40. The fourth-order valence-corrected chi connectivity index (χ4v) is 5.17. The molecule has 4 rings (SSSR count). The minimum Gasteiger partial charge on any atom is -0.493 e. The first-order chi connectivity index (χ1) is 16.8. The van der Waals surface area contributed by atoms with E-state index in [1.165, 1.54) is 21.1 Å². The Labute approximate surface area is 215 Å². The van der Waals surface area contributed by atoms with Crippen molar-refractivity contribution in [2.75, 3.05) is 14.2 Å². The quantitative estimate of drug-likeness (QED) is 0.269. The standard InChI is InChI=1S/C26H22BrNO6S/c1-15(25(30)33-3)28-24(29)22(35-26(28)31)13-17-11-20(27)23(21(12-17)32-2)34-14-16-8-9-18-6-4-5-7-19(18)10-16/h4-13,15H,14H2,1-3H3/b22-13+/t15-/m0/s1. The van der Waals surface area contributed by atoms with Gasteiger partial charge in [0, 0.05) is 0 Å². The van der Waals surface area contributed by atoms with E-state index in [1.807, 2.05) is 18.2 Å². The molecule has 0 bridgehead atoms. The molecule has 180 valence electrons. The molecular weight excluding hydrogens is 534 g/mol. The van der Waals surface area contributed by atoms with Gasteiger partial charge < -0.3 is 14.2 Å². The molecule has 1 heterocycles. The zero-order valence-corrected chi connectivity index (χ0v) is 21.6. The molecule has 0 saturated carbocycles. The van der Waals surface area contributed by atoms with Crippen LogP contribution in [-0.4, -0.2) is 42.3 Å². The van der Waals surface area contributed by atoms with Gasteiger partial charge in [0.25, 0.3) is 11.1 Å². The number of nitrogens with zero attached hydrogens (tertiary/aromatic N) is 1. The number of fused-ring (bicyclic) bond motifs is 1. The van der Waals surface area contributed by atoms with Crippen LogP contribution in [0.3, 0.4) is 0 Å². The van der Waals surface area contributed by atoms with Gasteiger partial charge in [-0.05, 0) is 80.8 Å². The molecule has 0 aliphatic carbocycles. The number of imide groups is 1. The number of carbonyl (C=O) groups is 3. The van der Waals surface area contributed by atoms with E-state index in [2.05, 4.69) is 44.9 Å². The average Bonchev–Trinajstić information content (AvgIpc) is 3.14. The summed E-state index contributed by atoms with van der Waals surface area (Å²) in [7, 11) is 2.74. The Hall–Kier alpha value is -3.30. The van der Waals surface area contributed by atoms with Crippen molar-refractivity contribution in [3.05, 3.63) is 75.1 Å². The van der Waals surface area contributed by atoms with Crippen LogP contribution in [0.2, 0.25) is 0 Å². The lowest BCUT2D eigenvalue weighted by Gasteiger charge is -2.18. The minimum atomic E-state index is -1.01. The van der Waals surface area contributed by atoms with E-state index >= 15 is 0 Å². The fourth-order valence-electron chi connectivity index (χ4n) is 3.69. The summed E-state index contributed by atoms with van der Waals surface area (Å²) < 4.78 is 16.9. The molecule has 0 unspecified atom stereocenters. The molecule has 3 aromatic rings. The van der Waals surface area contributed by atoms with Crippen LogP contribution in [0.25, 0.3) is 16.8 Å². The lowest BCUT2D eigenvalue weighted by atomic mass is 10.1. The second kappa shape index (κ2) is 10.5. The monoisotopic (exact) mass is 555 g/mol. The van der Waals surface area contributed by atoms with E-state index in [9.17, 15) is 14.4 Å². The van der Waals surface area contributed by atoms with Crippen LogP contribution in [0.5, 0.6) is 11.5 Å². The van der Waals surface area contributed by atoms with Crippen LogP contribution in [0, 0.1) is 0 Å². The van der Waals surface area contributed by atoms with E-state index in [0.717, 1.165) is 33.0 Å². The first kappa shape index (κ1) is 24.8. The van der Waals surface area contributed by atoms with Gasteiger partial charge in [0.1, 0.15) is 12.6 Å². The van der Waals surface area contributed by atoms with Crippen LogP contribution in [0.4, 0.5) is 4.79 Å². The Balaban J connectivity index is 1.55. The van der Waals surface area contributed by atoms with Gasteiger partial charge in [-0.15, -0.1) is 0 Å². The number of hydrogen-bond acceptors (Lipinski definition) is 7. The molecule has 1 fully saturated rings. The maximum Gasteiger partial charge on any atom is 0.328 e. The third-order valence-electron chi connectivity index (χ3n) is 5.50. The van der Waals surface area contributed by atoms with Crippen molar-refractivity contribution >= 4 is 61.7 Å². The lowest BCUT2D eigenvalue weighted by Crippen LogP contribution is -2.42. The summed E-state index contributed by atoms with van der Waals surface area (Å²) >= 11 is 4.30. The number of hydrogen-bond donors (Lipinski definition) is 0. The predicted molar refractivity (Wildman–Crippen MR) is 138 cm³/mol. The SMILES string of the molecule is COC(=O)[C@H](C)N1C(=O)S/C(=C/c2cc(Br)c(OCc3ccc4ccccc4c3)c(OC)c2)C1=O. The van der Waals surface area contributed by atoms with E-state index in [4.69, 9.17) is 9.47 Å². The first-order valence-corrected chi connectivity index (χ1v) is 12.3. The number of halogens is 1. The second-order valence-corrected chi connectivity index (χ2v) is 9.60. The van der Waals surface area contributed by atoms with E-state index in [-0.39, 0.29) is 4.91 Å². The van der Waals surface area contributed by atoms with Crippen LogP contribution in [-0.2, 0) is 20.9 Å². The molecule has 3 aromatic carbocycles. The summed E-state index contributed by atoms with van der Waals surface area (Å²) in [5.41, 5.74) is 1.64. The van der Waals surface area contributed by atoms with E-state index in [0.29, 0.717) is 28.1 Å². The fraction of sp³-hybridized carbons (Fsp3) is 0.192. The first-order valence-electron chi connectivity index (χ1n) is 10.6. The van der Waals surface area contributed by atoms with E-state index < -0.39 is 23.2 Å². The number of ether oxygens (including phenoxy) is 3. The zero-order chi connectivity index (χ0) is 25.1. The van der Waals surface area contributed by atoms with Crippen LogP contribution >= 0.6 is 27.7 Å². The second-order valence-electron chi connectivity index (χ2n) is 7.76. The molecular formula is C26H22BrNO6S. The van der Waals surface area contributed by atoms with Gasteiger partial charge in [-0.1, -0.05) is 36.4 Å². The maximum absolute atomic E-state index is 12.8.